The maximum Gasteiger partial charge on any atom is 0.253 e. The van der Waals surface area contributed by atoms with Gasteiger partial charge in [0.05, 0.1) is 38.7 Å². The summed E-state index contributed by atoms with van der Waals surface area (Å²) in [4.78, 5) is 8.97. The fourth-order valence-electron chi connectivity index (χ4n) is 3.43. The molecule has 0 spiro atoms. The highest BCUT2D eigenvalue weighted by molar-refractivity contribution is 5.69. The number of benzene rings is 2. The second-order valence-electron chi connectivity index (χ2n) is 6.76. The van der Waals surface area contributed by atoms with Crippen LogP contribution in [-0.2, 0) is 0 Å². The molecule has 0 aliphatic carbocycles. The van der Waals surface area contributed by atoms with E-state index in [1.807, 2.05) is 36.4 Å². The Morgan fingerprint density at radius 2 is 1.80 bits per heavy atom. The Labute approximate surface area is 173 Å². The quantitative estimate of drug-likeness (QED) is 0.514. The van der Waals surface area contributed by atoms with Gasteiger partial charge in [-0.15, -0.1) is 5.10 Å². The van der Waals surface area contributed by atoms with Crippen LogP contribution in [0.2, 0.25) is 0 Å². The van der Waals surface area contributed by atoms with Crippen LogP contribution in [0.5, 0.6) is 23.0 Å². The number of methoxy groups -OCH3 is 2. The van der Waals surface area contributed by atoms with Gasteiger partial charge in [-0.3, -0.25) is 0 Å². The molecular formula is C22H20N4O4. The summed E-state index contributed by atoms with van der Waals surface area (Å²) in [5.41, 5.74) is 2.54. The van der Waals surface area contributed by atoms with Crippen LogP contribution in [0, 0.1) is 0 Å². The van der Waals surface area contributed by atoms with Crippen molar-refractivity contribution in [3.8, 4) is 45.6 Å². The van der Waals surface area contributed by atoms with E-state index < -0.39 is 0 Å². The summed E-state index contributed by atoms with van der Waals surface area (Å²) in [7, 11) is 3.22. The minimum absolute atomic E-state index is 0.493. The van der Waals surface area contributed by atoms with Crippen molar-refractivity contribution in [1.29, 1.82) is 0 Å². The van der Waals surface area contributed by atoms with Gasteiger partial charge in [0, 0.05) is 24.2 Å². The number of fused-ring (bicyclic) bond motifs is 2. The van der Waals surface area contributed by atoms with Crippen LogP contribution in [0.4, 0.5) is 0 Å². The Morgan fingerprint density at radius 3 is 2.63 bits per heavy atom. The normalized spacial score (nSPS) is 13.1. The number of hydrogen-bond acceptors (Lipinski definition) is 7. The number of rotatable bonds is 4. The predicted octanol–water partition coefficient (Wildman–Crippen LogP) is 3.64. The lowest BCUT2D eigenvalue weighted by molar-refractivity contribution is 0.297. The van der Waals surface area contributed by atoms with Crippen LogP contribution < -0.4 is 18.9 Å². The van der Waals surface area contributed by atoms with E-state index in [1.54, 1.807) is 31.0 Å². The third-order valence-electron chi connectivity index (χ3n) is 4.93. The third kappa shape index (κ3) is 3.16. The monoisotopic (exact) mass is 404 g/mol. The number of nitrogens with zero attached hydrogens (tertiary/aromatic N) is 4. The lowest BCUT2D eigenvalue weighted by atomic mass is 10.1. The zero-order chi connectivity index (χ0) is 20.5. The van der Waals surface area contributed by atoms with E-state index in [4.69, 9.17) is 24.0 Å². The van der Waals surface area contributed by atoms with E-state index in [9.17, 15) is 0 Å². The fourth-order valence-corrected chi connectivity index (χ4v) is 3.43. The molecule has 0 atom stereocenters. The van der Waals surface area contributed by atoms with E-state index in [0.29, 0.717) is 36.3 Å². The average Bonchev–Trinajstić information content (AvgIpc) is 3.09. The molecule has 3 heterocycles. The van der Waals surface area contributed by atoms with Crippen LogP contribution in [0.3, 0.4) is 0 Å². The first-order valence-corrected chi connectivity index (χ1v) is 9.61. The molecule has 0 N–H and O–H groups in total. The molecule has 0 radical (unpaired) electrons. The average molecular weight is 404 g/mol. The van der Waals surface area contributed by atoms with Crippen LogP contribution in [0.1, 0.15) is 6.42 Å². The summed E-state index contributed by atoms with van der Waals surface area (Å²) in [6, 6.07) is 13.3. The zero-order valence-electron chi connectivity index (χ0n) is 16.7. The van der Waals surface area contributed by atoms with E-state index >= 15 is 0 Å². The molecule has 0 unspecified atom stereocenters. The third-order valence-corrected chi connectivity index (χ3v) is 4.93. The first-order valence-electron chi connectivity index (χ1n) is 9.61. The molecule has 0 saturated carbocycles. The van der Waals surface area contributed by atoms with Gasteiger partial charge in [-0.25, -0.2) is 4.98 Å². The second kappa shape index (κ2) is 7.55. The van der Waals surface area contributed by atoms with Crippen molar-refractivity contribution in [2.45, 2.75) is 6.42 Å². The Morgan fingerprint density at radius 1 is 0.933 bits per heavy atom. The molecule has 5 rings (SSSR count). The summed E-state index contributed by atoms with van der Waals surface area (Å²) < 4.78 is 24.1. The summed E-state index contributed by atoms with van der Waals surface area (Å²) in [5.74, 6) is 3.82. The van der Waals surface area contributed by atoms with Crippen LogP contribution in [0.25, 0.3) is 28.4 Å². The Bertz CT molecular complexity index is 1220. The minimum atomic E-state index is 0.493. The maximum atomic E-state index is 5.83. The van der Waals surface area contributed by atoms with Gasteiger partial charge in [-0.05, 0) is 36.4 Å². The minimum Gasteiger partial charge on any atom is -0.497 e. The smallest absolute Gasteiger partial charge is 0.253 e. The molecule has 0 saturated heterocycles. The van der Waals surface area contributed by atoms with Crippen molar-refractivity contribution < 1.29 is 18.9 Å². The van der Waals surface area contributed by atoms with Crippen molar-refractivity contribution in [2.75, 3.05) is 27.4 Å². The molecule has 30 heavy (non-hydrogen) atoms. The topological polar surface area (TPSA) is 80.0 Å². The predicted molar refractivity (Wildman–Crippen MR) is 110 cm³/mol. The molecule has 0 amide bonds. The van der Waals surface area contributed by atoms with Crippen molar-refractivity contribution in [1.82, 2.24) is 19.6 Å². The summed E-state index contributed by atoms with van der Waals surface area (Å²) in [5, 5.41) is 4.70. The summed E-state index contributed by atoms with van der Waals surface area (Å²) in [6.45, 7) is 1.29. The summed E-state index contributed by atoms with van der Waals surface area (Å²) in [6.07, 6.45) is 2.58. The van der Waals surface area contributed by atoms with Crippen LogP contribution >= 0.6 is 0 Å². The lowest BCUT2D eigenvalue weighted by Crippen LogP contribution is -1.98. The van der Waals surface area contributed by atoms with Crippen LogP contribution in [0.15, 0.2) is 48.7 Å². The number of hydrogen-bond donors (Lipinski definition) is 0. The fraction of sp³-hybridized carbons (Fsp3) is 0.227. The molecule has 8 nitrogen and oxygen atoms in total. The van der Waals surface area contributed by atoms with Crippen molar-refractivity contribution in [3.63, 3.8) is 0 Å². The molecule has 2 aromatic heterocycles. The molecule has 4 aromatic rings. The van der Waals surface area contributed by atoms with Gasteiger partial charge < -0.3 is 18.9 Å². The summed E-state index contributed by atoms with van der Waals surface area (Å²) >= 11 is 0. The molecular weight excluding hydrogens is 384 g/mol. The molecule has 8 heteroatoms. The number of ether oxygens (including phenoxy) is 4. The van der Waals surface area contributed by atoms with E-state index in [2.05, 4.69) is 9.97 Å². The van der Waals surface area contributed by atoms with Crippen molar-refractivity contribution in [3.05, 3.63) is 48.7 Å². The van der Waals surface area contributed by atoms with E-state index in [0.717, 1.165) is 34.7 Å². The van der Waals surface area contributed by atoms with E-state index in [1.165, 1.54) is 0 Å². The molecule has 152 valence electrons. The van der Waals surface area contributed by atoms with Gasteiger partial charge in [0.15, 0.2) is 17.3 Å². The first-order chi connectivity index (χ1) is 14.8. The van der Waals surface area contributed by atoms with Gasteiger partial charge in [0.25, 0.3) is 5.78 Å². The molecule has 0 fully saturated rings. The number of aromatic nitrogens is 4. The Hall–Kier alpha value is -3.81. The van der Waals surface area contributed by atoms with Gasteiger partial charge in [0.2, 0.25) is 0 Å². The van der Waals surface area contributed by atoms with Gasteiger partial charge in [-0.1, -0.05) is 0 Å². The largest absolute Gasteiger partial charge is 0.497 e. The van der Waals surface area contributed by atoms with Gasteiger partial charge in [-0.2, -0.15) is 9.50 Å². The zero-order valence-corrected chi connectivity index (χ0v) is 16.7. The van der Waals surface area contributed by atoms with Crippen molar-refractivity contribution >= 4 is 5.78 Å². The molecule has 0 bridgehead atoms. The molecule has 1 aliphatic rings. The highest BCUT2D eigenvalue weighted by Gasteiger charge is 2.17. The van der Waals surface area contributed by atoms with Crippen molar-refractivity contribution in [2.24, 2.45) is 0 Å². The maximum absolute atomic E-state index is 5.83. The standard InChI is InChI=1S/C22H20N4O4/c1-27-15-5-6-16(19(13-15)28-2)21-24-22-23-9-8-17(26(22)25-21)14-4-7-18-20(12-14)30-11-3-10-29-18/h4-9,12-13H,3,10-11H2,1-2H3. The SMILES string of the molecule is COc1ccc(-c2nc3nccc(-c4ccc5c(c4)OCCCO5)n3n2)c(OC)c1. The highest BCUT2D eigenvalue weighted by Crippen LogP contribution is 2.35. The van der Waals surface area contributed by atoms with E-state index in [-0.39, 0.29) is 0 Å². The Balaban J connectivity index is 1.61. The first kappa shape index (κ1) is 18.2. The van der Waals surface area contributed by atoms with Gasteiger partial charge >= 0.3 is 0 Å². The Kier molecular flexibility index (Phi) is 4.59. The molecule has 2 aromatic carbocycles. The lowest BCUT2D eigenvalue weighted by Gasteiger charge is -2.10. The second-order valence-corrected chi connectivity index (χ2v) is 6.76. The van der Waals surface area contributed by atoms with Gasteiger partial charge in [0.1, 0.15) is 11.5 Å². The highest BCUT2D eigenvalue weighted by atomic mass is 16.5. The molecule has 1 aliphatic heterocycles. The van der Waals surface area contributed by atoms with Crippen LogP contribution in [-0.4, -0.2) is 47.0 Å².